The molecule has 0 fully saturated rings. The van der Waals surface area contributed by atoms with Crippen molar-refractivity contribution in [2.45, 2.75) is 52.4 Å². The monoisotopic (exact) mass is 427 g/mol. The first-order chi connectivity index (χ1) is 14.9. The Balaban J connectivity index is 1.91. The minimum atomic E-state index is -1.01. The van der Waals surface area contributed by atoms with E-state index in [9.17, 15) is 4.79 Å². The third-order valence-corrected chi connectivity index (χ3v) is 5.08. The molecule has 4 nitrogen and oxygen atoms in total. The van der Waals surface area contributed by atoms with Gasteiger partial charge >= 0.3 is 5.97 Å². The molecule has 0 saturated heterocycles. The molecule has 0 aliphatic carbocycles. The standard InChI is InChI=1S/C28H29NO3/c1-27(2,3)21-10-14-23(15-11-21)32-25-17-19(8-16-24(25)28(4,5)6)7-12-22-13-9-20(18-29-22)26(30)31/h8-11,13-18H,1-6H3,(H,30,31). The number of carboxylic acid groups (broad SMARTS) is 1. The summed E-state index contributed by atoms with van der Waals surface area (Å²) in [6.07, 6.45) is 1.31. The molecule has 1 N–H and O–H groups in total. The second-order valence-corrected chi connectivity index (χ2v) is 9.82. The third kappa shape index (κ3) is 5.76. The molecule has 0 atom stereocenters. The van der Waals surface area contributed by atoms with Gasteiger partial charge in [0.15, 0.2) is 0 Å². The average Bonchev–Trinajstić information content (AvgIpc) is 2.71. The highest BCUT2D eigenvalue weighted by Gasteiger charge is 2.20. The predicted octanol–water partition coefficient (Wildman–Crippen LogP) is 6.57. The first-order valence-corrected chi connectivity index (χ1v) is 10.6. The fourth-order valence-corrected chi connectivity index (χ4v) is 3.18. The summed E-state index contributed by atoms with van der Waals surface area (Å²) >= 11 is 0. The first kappa shape index (κ1) is 23.1. The van der Waals surface area contributed by atoms with E-state index in [2.05, 4.69) is 70.5 Å². The van der Waals surface area contributed by atoms with Gasteiger partial charge in [-0.25, -0.2) is 9.78 Å². The maximum Gasteiger partial charge on any atom is 0.337 e. The van der Waals surface area contributed by atoms with Crippen molar-refractivity contribution < 1.29 is 14.6 Å². The van der Waals surface area contributed by atoms with E-state index in [0.717, 1.165) is 22.6 Å². The number of rotatable bonds is 3. The number of aromatic nitrogens is 1. The number of benzene rings is 2. The Morgan fingerprint density at radius 3 is 2.09 bits per heavy atom. The van der Waals surface area contributed by atoms with E-state index < -0.39 is 5.97 Å². The topological polar surface area (TPSA) is 59.4 Å². The minimum Gasteiger partial charge on any atom is -0.478 e. The van der Waals surface area contributed by atoms with Crippen LogP contribution in [0.3, 0.4) is 0 Å². The lowest BCUT2D eigenvalue weighted by Gasteiger charge is -2.23. The second kappa shape index (κ2) is 8.88. The quantitative estimate of drug-likeness (QED) is 0.481. The lowest BCUT2D eigenvalue weighted by molar-refractivity contribution is 0.0696. The molecule has 3 aromatic rings. The highest BCUT2D eigenvalue weighted by atomic mass is 16.5. The fourth-order valence-electron chi connectivity index (χ4n) is 3.18. The number of carbonyl (C=O) groups is 1. The van der Waals surface area contributed by atoms with Crippen LogP contribution in [0.1, 0.15) is 74.3 Å². The molecular formula is C28H29NO3. The van der Waals surface area contributed by atoms with Gasteiger partial charge in [-0.3, -0.25) is 0 Å². The number of nitrogens with zero attached hydrogens (tertiary/aromatic N) is 1. The predicted molar refractivity (Wildman–Crippen MR) is 128 cm³/mol. The molecule has 164 valence electrons. The number of hydrogen-bond donors (Lipinski definition) is 1. The Morgan fingerprint density at radius 2 is 1.56 bits per heavy atom. The molecule has 0 saturated carbocycles. The van der Waals surface area contributed by atoms with Crippen LogP contribution in [0.15, 0.2) is 60.8 Å². The van der Waals surface area contributed by atoms with E-state index in [1.807, 2.05) is 30.3 Å². The van der Waals surface area contributed by atoms with Gasteiger partial charge in [-0.15, -0.1) is 0 Å². The summed E-state index contributed by atoms with van der Waals surface area (Å²) in [5, 5.41) is 8.99. The fraction of sp³-hybridized carbons (Fsp3) is 0.286. The van der Waals surface area contributed by atoms with Crippen LogP contribution in [0.5, 0.6) is 11.5 Å². The van der Waals surface area contributed by atoms with Crippen molar-refractivity contribution >= 4 is 5.97 Å². The highest BCUT2D eigenvalue weighted by Crippen LogP contribution is 2.35. The van der Waals surface area contributed by atoms with E-state index in [1.54, 1.807) is 6.07 Å². The lowest BCUT2D eigenvalue weighted by Crippen LogP contribution is -2.13. The zero-order chi connectivity index (χ0) is 23.5. The van der Waals surface area contributed by atoms with E-state index in [0.29, 0.717) is 5.69 Å². The number of ether oxygens (including phenoxy) is 1. The minimum absolute atomic E-state index is 0.0846. The summed E-state index contributed by atoms with van der Waals surface area (Å²) < 4.78 is 6.29. The molecule has 1 heterocycles. The van der Waals surface area contributed by atoms with Crippen LogP contribution in [0.4, 0.5) is 0 Å². The van der Waals surface area contributed by atoms with Crippen LogP contribution in [-0.2, 0) is 10.8 Å². The molecule has 3 rings (SSSR count). The summed E-state index contributed by atoms with van der Waals surface area (Å²) in [5.41, 5.74) is 3.77. The molecule has 0 aliphatic rings. The van der Waals surface area contributed by atoms with Gasteiger partial charge in [-0.1, -0.05) is 65.7 Å². The molecule has 0 bridgehead atoms. The van der Waals surface area contributed by atoms with Crippen LogP contribution in [0.2, 0.25) is 0 Å². The molecule has 1 aromatic heterocycles. The molecule has 4 heteroatoms. The van der Waals surface area contributed by atoms with Crippen molar-refractivity contribution in [1.29, 1.82) is 0 Å². The molecule has 0 unspecified atom stereocenters. The number of hydrogen-bond acceptors (Lipinski definition) is 3. The summed E-state index contributed by atoms with van der Waals surface area (Å²) in [6.45, 7) is 13.0. The molecular weight excluding hydrogens is 398 g/mol. The maximum absolute atomic E-state index is 11.0. The zero-order valence-corrected chi connectivity index (χ0v) is 19.5. The van der Waals surface area contributed by atoms with Crippen LogP contribution < -0.4 is 4.74 Å². The van der Waals surface area contributed by atoms with E-state index in [1.165, 1.54) is 17.8 Å². The largest absolute Gasteiger partial charge is 0.478 e. The SMILES string of the molecule is CC(C)(C)c1ccc(Oc2cc(C#Cc3ccc(C(=O)O)cn3)ccc2C(C)(C)C)cc1. The Hall–Kier alpha value is -3.58. The Kier molecular flexibility index (Phi) is 6.41. The van der Waals surface area contributed by atoms with Gasteiger partial charge in [0.05, 0.1) is 5.56 Å². The number of carboxylic acids is 1. The van der Waals surface area contributed by atoms with Crippen molar-refractivity contribution in [1.82, 2.24) is 4.98 Å². The van der Waals surface area contributed by atoms with E-state index in [-0.39, 0.29) is 16.4 Å². The normalized spacial score (nSPS) is 11.4. The molecule has 2 aromatic carbocycles. The highest BCUT2D eigenvalue weighted by molar-refractivity contribution is 5.87. The lowest BCUT2D eigenvalue weighted by atomic mass is 9.85. The molecule has 32 heavy (non-hydrogen) atoms. The van der Waals surface area contributed by atoms with Crippen LogP contribution >= 0.6 is 0 Å². The van der Waals surface area contributed by atoms with Crippen molar-refractivity contribution in [3.63, 3.8) is 0 Å². The van der Waals surface area contributed by atoms with Crippen molar-refractivity contribution in [2.75, 3.05) is 0 Å². The summed E-state index contributed by atoms with van der Waals surface area (Å²) in [6, 6.07) is 17.3. The summed E-state index contributed by atoms with van der Waals surface area (Å²) in [4.78, 5) is 15.1. The second-order valence-electron chi connectivity index (χ2n) is 9.82. The van der Waals surface area contributed by atoms with Crippen LogP contribution in [0, 0.1) is 11.8 Å². The van der Waals surface area contributed by atoms with Gasteiger partial charge in [-0.05, 0) is 58.7 Å². The Bertz CT molecular complexity index is 1170. The first-order valence-electron chi connectivity index (χ1n) is 10.6. The van der Waals surface area contributed by atoms with Gasteiger partial charge in [0, 0.05) is 17.3 Å². The Morgan fingerprint density at radius 1 is 0.875 bits per heavy atom. The van der Waals surface area contributed by atoms with E-state index >= 15 is 0 Å². The summed E-state index contributed by atoms with van der Waals surface area (Å²) in [7, 11) is 0. The van der Waals surface area contributed by atoms with Crippen molar-refractivity contribution in [3.8, 4) is 23.3 Å². The zero-order valence-electron chi connectivity index (χ0n) is 19.5. The van der Waals surface area contributed by atoms with Gasteiger partial charge < -0.3 is 9.84 Å². The van der Waals surface area contributed by atoms with Crippen LogP contribution in [0.25, 0.3) is 0 Å². The summed E-state index contributed by atoms with van der Waals surface area (Å²) in [5.74, 6) is 6.63. The molecule has 0 aliphatic heterocycles. The average molecular weight is 428 g/mol. The van der Waals surface area contributed by atoms with E-state index in [4.69, 9.17) is 9.84 Å². The van der Waals surface area contributed by atoms with Crippen LogP contribution in [-0.4, -0.2) is 16.1 Å². The molecule has 0 amide bonds. The van der Waals surface area contributed by atoms with Gasteiger partial charge in [-0.2, -0.15) is 0 Å². The smallest absolute Gasteiger partial charge is 0.337 e. The molecule has 0 spiro atoms. The van der Waals surface area contributed by atoms with Crippen molar-refractivity contribution in [2.24, 2.45) is 0 Å². The maximum atomic E-state index is 11.0. The third-order valence-electron chi connectivity index (χ3n) is 5.08. The van der Waals surface area contributed by atoms with Gasteiger partial charge in [0.1, 0.15) is 17.2 Å². The van der Waals surface area contributed by atoms with Crippen molar-refractivity contribution in [3.05, 3.63) is 88.7 Å². The van der Waals surface area contributed by atoms with Gasteiger partial charge in [0.2, 0.25) is 0 Å². The molecule has 0 radical (unpaired) electrons. The number of aromatic carboxylic acids is 1. The van der Waals surface area contributed by atoms with Gasteiger partial charge in [0.25, 0.3) is 0 Å². The number of pyridine rings is 1. The Labute approximate surface area is 190 Å².